The molecule has 5 nitrogen and oxygen atoms in total. The molecule has 0 spiro atoms. The van der Waals surface area contributed by atoms with Crippen LogP contribution in [0.1, 0.15) is 37.7 Å². The number of carbonyl (C=O) groups is 1. The summed E-state index contributed by atoms with van der Waals surface area (Å²) in [6, 6.07) is 6.36. The molecular formula is C18H20N4O. The third-order valence-electron chi connectivity index (χ3n) is 4.95. The van der Waals surface area contributed by atoms with E-state index in [1.165, 1.54) is 10.9 Å². The van der Waals surface area contributed by atoms with Crippen molar-refractivity contribution in [1.29, 1.82) is 0 Å². The van der Waals surface area contributed by atoms with Gasteiger partial charge in [0.1, 0.15) is 18.4 Å². The standard InChI is InChI=1S/C18H20N4O/c23-16-6-2-13(3-7-16)1-4-14-10-19-18-8-5-15(9-17(14)18)22-11-20-21-12-22/h5,8-13,19H,1-4,6-7H2. The number of carbonyl (C=O) groups excluding carboxylic acids is 1. The molecule has 0 atom stereocenters. The predicted octanol–water partition coefficient (Wildman–Crippen LogP) is 3.44. The summed E-state index contributed by atoms with van der Waals surface area (Å²) in [5.74, 6) is 1.13. The maximum Gasteiger partial charge on any atom is 0.132 e. The Morgan fingerprint density at radius 3 is 2.74 bits per heavy atom. The van der Waals surface area contributed by atoms with E-state index in [9.17, 15) is 4.79 Å². The number of aromatic amines is 1. The van der Waals surface area contributed by atoms with E-state index >= 15 is 0 Å². The summed E-state index contributed by atoms with van der Waals surface area (Å²) in [4.78, 5) is 14.7. The second-order valence-electron chi connectivity index (χ2n) is 6.43. The van der Waals surface area contributed by atoms with Crippen LogP contribution in [0.4, 0.5) is 0 Å². The molecule has 0 amide bonds. The van der Waals surface area contributed by atoms with Crippen molar-refractivity contribution in [1.82, 2.24) is 19.7 Å². The van der Waals surface area contributed by atoms with Gasteiger partial charge in [-0.2, -0.15) is 0 Å². The largest absolute Gasteiger partial charge is 0.361 e. The SMILES string of the molecule is O=C1CCC(CCc2c[nH]c3ccc(-n4cnnc4)cc23)CC1. The lowest BCUT2D eigenvalue weighted by Crippen LogP contribution is -2.14. The van der Waals surface area contributed by atoms with Gasteiger partial charge in [0.2, 0.25) is 0 Å². The number of H-pyrrole nitrogens is 1. The molecule has 1 N–H and O–H groups in total. The minimum absolute atomic E-state index is 0.437. The molecule has 1 aliphatic rings. The van der Waals surface area contributed by atoms with Gasteiger partial charge < -0.3 is 4.98 Å². The van der Waals surface area contributed by atoms with E-state index in [0.717, 1.165) is 49.7 Å². The van der Waals surface area contributed by atoms with E-state index < -0.39 is 0 Å². The molecule has 2 aromatic heterocycles. The minimum atomic E-state index is 0.437. The molecule has 118 valence electrons. The quantitative estimate of drug-likeness (QED) is 0.803. The number of nitrogens with zero attached hydrogens (tertiary/aromatic N) is 3. The van der Waals surface area contributed by atoms with E-state index in [0.29, 0.717) is 11.7 Å². The number of aromatic nitrogens is 4. The summed E-state index contributed by atoms with van der Waals surface area (Å²) in [6.07, 6.45) is 11.4. The van der Waals surface area contributed by atoms with Crippen molar-refractivity contribution >= 4 is 16.7 Å². The van der Waals surface area contributed by atoms with Crippen LogP contribution in [0.15, 0.2) is 37.1 Å². The van der Waals surface area contributed by atoms with Crippen LogP contribution in [-0.2, 0) is 11.2 Å². The molecule has 0 saturated heterocycles. The lowest BCUT2D eigenvalue weighted by molar-refractivity contribution is -0.121. The molecule has 1 aromatic carbocycles. The number of Topliss-reactive ketones (excluding diaryl/α,β-unsaturated/α-hetero) is 1. The molecular weight excluding hydrogens is 288 g/mol. The molecule has 5 heteroatoms. The Balaban J connectivity index is 1.53. The highest BCUT2D eigenvalue weighted by Crippen LogP contribution is 2.28. The van der Waals surface area contributed by atoms with Crippen LogP contribution in [0, 0.1) is 5.92 Å². The first-order chi connectivity index (χ1) is 11.3. The molecule has 1 saturated carbocycles. The zero-order valence-electron chi connectivity index (χ0n) is 13.0. The fraction of sp³-hybridized carbons (Fsp3) is 0.389. The van der Waals surface area contributed by atoms with Gasteiger partial charge in [-0.1, -0.05) is 0 Å². The first-order valence-corrected chi connectivity index (χ1v) is 8.26. The van der Waals surface area contributed by atoms with Gasteiger partial charge in [0.15, 0.2) is 0 Å². The second kappa shape index (κ2) is 5.99. The number of aryl methyl sites for hydroxylation is 1. The molecule has 0 unspecified atom stereocenters. The Hall–Kier alpha value is -2.43. The van der Waals surface area contributed by atoms with E-state index in [-0.39, 0.29) is 0 Å². The first-order valence-electron chi connectivity index (χ1n) is 8.26. The lowest BCUT2D eigenvalue weighted by atomic mass is 9.84. The monoisotopic (exact) mass is 308 g/mol. The topological polar surface area (TPSA) is 63.6 Å². The van der Waals surface area contributed by atoms with Gasteiger partial charge in [-0.3, -0.25) is 9.36 Å². The summed E-state index contributed by atoms with van der Waals surface area (Å²) in [7, 11) is 0. The molecule has 0 aliphatic heterocycles. The number of fused-ring (bicyclic) bond motifs is 1. The molecule has 4 rings (SSSR count). The number of nitrogens with one attached hydrogen (secondary N) is 1. The average molecular weight is 308 g/mol. The average Bonchev–Trinajstić information content (AvgIpc) is 3.24. The van der Waals surface area contributed by atoms with Gasteiger partial charge in [0, 0.05) is 35.6 Å². The van der Waals surface area contributed by atoms with Crippen LogP contribution in [0.5, 0.6) is 0 Å². The Morgan fingerprint density at radius 2 is 1.96 bits per heavy atom. The molecule has 3 aromatic rings. The lowest BCUT2D eigenvalue weighted by Gasteiger charge is -2.20. The smallest absolute Gasteiger partial charge is 0.132 e. The van der Waals surface area contributed by atoms with Crippen LogP contribution in [0.25, 0.3) is 16.6 Å². The predicted molar refractivity (Wildman–Crippen MR) is 88.5 cm³/mol. The summed E-state index contributed by atoms with van der Waals surface area (Å²) >= 11 is 0. The Labute approximate surface area is 134 Å². The number of rotatable bonds is 4. The highest BCUT2D eigenvalue weighted by molar-refractivity contribution is 5.85. The summed E-state index contributed by atoms with van der Waals surface area (Å²) in [5, 5.41) is 9.01. The van der Waals surface area contributed by atoms with E-state index in [4.69, 9.17) is 0 Å². The maximum atomic E-state index is 11.3. The molecule has 2 heterocycles. The number of benzene rings is 1. The Kier molecular flexibility index (Phi) is 3.69. The fourth-order valence-electron chi connectivity index (χ4n) is 3.52. The van der Waals surface area contributed by atoms with Gasteiger partial charge >= 0.3 is 0 Å². The summed E-state index contributed by atoms with van der Waals surface area (Å²) < 4.78 is 1.92. The number of hydrogen-bond acceptors (Lipinski definition) is 3. The highest BCUT2D eigenvalue weighted by atomic mass is 16.1. The maximum absolute atomic E-state index is 11.3. The Morgan fingerprint density at radius 1 is 1.17 bits per heavy atom. The summed E-state index contributed by atoms with van der Waals surface area (Å²) in [5.41, 5.74) is 3.59. The molecule has 1 aliphatic carbocycles. The fourth-order valence-corrected chi connectivity index (χ4v) is 3.52. The third kappa shape index (κ3) is 2.91. The van der Waals surface area contributed by atoms with E-state index in [1.54, 1.807) is 12.7 Å². The van der Waals surface area contributed by atoms with Crippen LogP contribution >= 0.6 is 0 Å². The van der Waals surface area contributed by atoms with Crippen molar-refractivity contribution in [2.45, 2.75) is 38.5 Å². The van der Waals surface area contributed by atoms with Crippen molar-refractivity contribution in [3.8, 4) is 5.69 Å². The molecule has 0 bridgehead atoms. The van der Waals surface area contributed by atoms with E-state index in [2.05, 4.69) is 39.6 Å². The normalized spacial score (nSPS) is 16.3. The number of hydrogen-bond donors (Lipinski definition) is 1. The molecule has 0 radical (unpaired) electrons. The highest BCUT2D eigenvalue weighted by Gasteiger charge is 2.18. The summed E-state index contributed by atoms with van der Waals surface area (Å²) in [6.45, 7) is 0. The molecule has 23 heavy (non-hydrogen) atoms. The van der Waals surface area contributed by atoms with Crippen LogP contribution in [0.2, 0.25) is 0 Å². The number of ketones is 1. The Bertz CT molecular complexity index is 809. The van der Waals surface area contributed by atoms with Crippen molar-refractivity contribution in [3.05, 3.63) is 42.6 Å². The second-order valence-corrected chi connectivity index (χ2v) is 6.43. The van der Waals surface area contributed by atoms with Gasteiger partial charge in [-0.05, 0) is 55.4 Å². The van der Waals surface area contributed by atoms with Gasteiger partial charge in [0.05, 0.1) is 0 Å². The molecule has 1 fully saturated rings. The zero-order valence-corrected chi connectivity index (χ0v) is 13.0. The van der Waals surface area contributed by atoms with Crippen LogP contribution in [-0.4, -0.2) is 25.5 Å². The van der Waals surface area contributed by atoms with Crippen molar-refractivity contribution < 1.29 is 4.79 Å². The van der Waals surface area contributed by atoms with Crippen molar-refractivity contribution in [2.75, 3.05) is 0 Å². The van der Waals surface area contributed by atoms with Gasteiger partial charge in [-0.15, -0.1) is 10.2 Å². The van der Waals surface area contributed by atoms with Gasteiger partial charge in [0.25, 0.3) is 0 Å². The van der Waals surface area contributed by atoms with Crippen molar-refractivity contribution in [2.24, 2.45) is 5.92 Å². The zero-order chi connectivity index (χ0) is 15.6. The van der Waals surface area contributed by atoms with E-state index in [1.807, 2.05) is 4.57 Å². The van der Waals surface area contributed by atoms with Crippen LogP contribution < -0.4 is 0 Å². The third-order valence-corrected chi connectivity index (χ3v) is 4.95. The minimum Gasteiger partial charge on any atom is -0.361 e. The van der Waals surface area contributed by atoms with Gasteiger partial charge in [-0.25, -0.2) is 0 Å². The van der Waals surface area contributed by atoms with Crippen LogP contribution in [0.3, 0.4) is 0 Å². The van der Waals surface area contributed by atoms with Crippen molar-refractivity contribution in [3.63, 3.8) is 0 Å². The first kappa shape index (κ1) is 14.2.